The molecule has 17 heavy (non-hydrogen) atoms. The van der Waals surface area contributed by atoms with Gasteiger partial charge in [0.15, 0.2) is 5.82 Å². The highest BCUT2D eigenvalue weighted by atomic mass is 16.5. The third-order valence-corrected chi connectivity index (χ3v) is 2.73. The summed E-state index contributed by atoms with van der Waals surface area (Å²) < 4.78 is 5.69. The molecule has 4 heteroatoms. The number of ether oxygens (including phenoxy) is 1. The molecule has 0 aromatic carbocycles. The van der Waals surface area contributed by atoms with Gasteiger partial charge in [-0.2, -0.15) is 0 Å². The number of nitrogens with two attached hydrogens (primary N) is 1. The molecule has 1 aromatic heterocycles. The summed E-state index contributed by atoms with van der Waals surface area (Å²) in [6.45, 7) is 10.8. The zero-order valence-corrected chi connectivity index (χ0v) is 11.4. The maximum Gasteiger partial charge on any atom is 0.157 e. The standard InChI is InChI=1S/C13H23N3O/c1-6-17-12(8(2)3)13-15-7-11(9(4)14)10(5)16-13/h7-9,12H,6,14H2,1-5H3/t9-,12?/m0/s1. The van der Waals surface area contributed by atoms with E-state index < -0.39 is 0 Å². The SMILES string of the molecule is CCOC(c1ncc([C@H](C)N)c(C)n1)C(C)C. The monoisotopic (exact) mass is 237 g/mol. The number of rotatable bonds is 5. The quantitative estimate of drug-likeness (QED) is 0.855. The highest BCUT2D eigenvalue weighted by molar-refractivity contribution is 5.20. The minimum atomic E-state index is -0.0409. The Kier molecular flexibility index (Phi) is 5.02. The van der Waals surface area contributed by atoms with Gasteiger partial charge in [-0.3, -0.25) is 0 Å². The van der Waals surface area contributed by atoms with Gasteiger partial charge in [0.1, 0.15) is 6.10 Å². The van der Waals surface area contributed by atoms with Crippen LogP contribution in [-0.2, 0) is 4.74 Å². The van der Waals surface area contributed by atoms with Gasteiger partial charge in [0.2, 0.25) is 0 Å². The molecule has 1 aromatic rings. The molecule has 1 unspecified atom stereocenters. The average Bonchev–Trinajstić information content (AvgIpc) is 2.24. The van der Waals surface area contributed by atoms with Crippen molar-refractivity contribution in [2.45, 2.75) is 46.8 Å². The maximum atomic E-state index is 5.85. The first-order valence-corrected chi connectivity index (χ1v) is 6.18. The lowest BCUT2D eigenvalue weighted by atomic mass is 10.1. The number of aromatic nitrogens is 2. The molecule has 0 amide bonds. The van der Waals surface area contributed by atoms with Crippen LogP contribution in [0.5, 0.6) is 0 Å². The van der Waals surface area contributed by atoms with Crippen molar-refractivity contribution in [1.29, 1.82) is 0 Å². The van der Waals surface area contributed by atoms with Crippen molar-refractivity contribution in [3.63, 3.8) is 0 Å². The Balaban J connectivity index is 3.02. The van der Waals surface area contributed by atoms with E-state index in [1.54, 1.807) is 0 Å². The van der Waals surface area contributed by atoms with Gasteiger partial charge in [-0.05, 0) is 26.7 Å². The van der Waals surface area contributed by atoms with Crippen LogP contribution in [0.25, 0.3) is 0 Å². The Morgan fingerprint density at radius 3 is 2.41 bits per heavy atom. The third-order valence-electron chi connectivity index (χ3n) is 2.73. The van der Waals surface area contributed by atoms with Crippen LogP contribution >= 0.6 is 0 Å². The molecular weight excluding hydrogens is 214 g/mol. The lowest BCUT2D eigenvalue weighted by Gasteiger charge is -2.20. The first kappa shape index (κ1) is 14.1. The van der Waals surface area contributed by atoms with E-state index in [0.29, 0.717) is 12.5 Å². The van der Waals surface area contributed by atoms with Crippen molar-refractivity contribution in [3.05, 3.63) is 23.3 Å². The van der Waals surface area contributed by atoms with Gasteiger partial charge in [-0.25, -0.2) is 9.97 Å². The topological polar surface area (TPSA) is 61.0 Å². The smallest absolute Gasteiger partial charge is 0.157 e. The van der Waals surface area contributed by atoms with Crippen LogP contribution in [0.1, 0.15) is 56.9 Å². The van der Waals surface area contributed by atoms with Crippen LogP contribution in [0.4, 0.5) is 0 Å². The summed E-state index contributed by atoms with van der Waals surface area (Å²) in [5.74, 6) is 1.11. The van der Waals surface area contributed by atoms with Crippen LogP contribution in [0.15, 0.2) is 6.20 Å². The first-order valence-electron chi connectivity index (χ1n) is 6.18. The molecule has 96 valence electrons. The fourth-order valence-electron chi connectivity index (χ4n) is 1.82. The molecule has 0 aliphatic heterocycles. The first-order chi connectivity index (χ1) is 7.97. The molecule has 0 spiro atoms. The molecule has 0 fully saturated rings. The second kappa shape index (κ2) is 6.07. The summed E-state index contributed by atoms with van der Waals surface area (Å²) in [5, 5.41) is 0. The number of hydrogen-bond acceptors (Lipinski definition) is 4. The summed E-state index contributed by atoms with van der Waals surface area (Å²) >= 11 is 0. The predicted octanol–water partition coefficient (Wildman–Crippen LogP) is 2.54. The number of nitrogens with zero attached hydrogens (tertiary/aromatic N) is 2. The number of hydrogen-bond donors (Lipinski definition) is 1. The molecule has 0 saturated carbocycles. The van der Waals surface area contributed by atoms with Gasteiger partial charge in [-0.1, -0.05) is 13.8 Å². The zero-order valence-electron chi connectivity index (χ0n) is 11.4. The van der Waals surface area contributed by atoms with Crippen molar-refractivity contribution in [3.8, 4) is 0 Å². The summed E-state index contributed by atoms with van der Waals surface area (Å²) in [6, 6.07) is -0.0337. The Morgan fingerprint density at radius 1 is 1.35 bits per heavy atom. The van der Waals surface area contributed by atoms with E-state index in [0.717, 1.165) is 17.1 Å². The Hall–Kier alpha value is -1.00. The van der Waals surface area contributed by atoms with Crippen LogP contribution in [0.2, 0.25) is 0 Å². The largest absolute Gasteiger partial charge is 0.370 e. The minimum Gasteiger partial charge on any atom is -0.370 e. The van der Waals surface area contributed by atoms with E-state index >= 15 is 0 Å². The lowest BCUT2D eigenvalue weighted by Crippen LogP contribution is -2.17. The van der Waals surface area contributed by atoms with E-state index in [1.807, 2.05) is 27.0 Å². The van der Waals surface area contributed by atoms with Gasteiger partial charge < -0.3 is 10.5 Å². The Morgan fingerprint density at radius 2 is 2.00 bits per heavy atom. The van der Waals surface area contributed by atoms with Crippen molar-refractivity contribution in [2.75, 3.05) is 6.61 Å². The fraction of sp³-hybridized carbons (Fsp3) is 0.692. The Bertz CT molecular complexity index is 364. The summed E-state index contributed by atoms with van der Waals surface area (Å²) in [6.07, 6.45) is 1.78. The molecule has 1 heterocycles. The molecule has 0 aliphatic carbocycles. The van der Waals surface area contributed by atoms with E-state index in [2.05, 4.69) is 23.8 Å². The predicted molar refractivity (Wildman–Crippen MR) is 68.6 cm³/mol. The van der Waals surface area contributed by atoms with E-state index in [1.165, 1.54) is 0 Å². The minimum absolute atomic E-state index is 0.0337. The Labute approximate surface area is 104 Å². The zero-order chi connectivity index (χ0) is 13.0. The van der Waals surface area contributed by atoms with E-state index in [4.69, 9.17) is 10.5 Å². The van der Waals surface area contributed by atoms with Crippen molar-refractivity contribution >= 4 is 0 Å². The fourth-order valence-corrected chi connectivity index (χ4v) is 1.82. The highest BCUT2D eigenvalue weighted by Gasteiger charge is 2.20. The van der Waals surface area contributed by atoms with E-state index in [9.17, 15) is 0 Å². The second-order valence-corrected chi connectivity index (χ2v) is 4.68. The van der Waals surface area contributed by atoms with Gasteiger partial charge in [0.25, 0.3) is 0 Å². The van der Waals surface area contributed by atoms with Crippen LogP contribution in [0, 0.1) is 12.8 Å². The molecule has 0 saturated heterocycles. The molecule has 0 radical (unpaired) electrons. The normalized spacial score (nSPS) is 15.0. The summed E-state index contributed by atoms with van der Waals surface area (Å²) in [4.78, 5) is 8.90. The van der Waals surface area contributed by atoms with Crippen molar-refractivity contribution in [2.24, 2.45) is 11.7 Å². The van der Waals surface area contributed by atoms with Gasteiger partial charge >= 0.3 is 0 Å². The van der Waals surface area contributed by atoms with Gasteiger partial charge in [0, 0.05) is 30.1 Å². The van der Waals surface area contributed by atoms with Gasteiger partial charge in [0.05, 0.1) is 0 Å². The summed E-state index contributed by atoms with van der Waals surface area (Å²) in [5.41, 5.74) is 7.78. The number of aryl methyl sites for hydroxylation is 1. The van der Waals surface area contributed by atoms with Crippen LogP contribution < -0.4 is 5.73 Å². The lowest BCUT2D eigenvalue weighted by molar-refractivity contribution is 0.0230. The van der Waals surface area contributed by atoms with Crippen LogP contribution in [-0.4, -0.2) is 16.6 Å². The van der Waals surface area contributed by atoms with Crippen LogP contribution in [0.3, 0.4) is 0 Å². The molecular formula is C13H23N3O. The van der Waals surface area contributed by atoms with E-state index in [-0.39, 0.29) is 12.1 Å². The van der Waals surface area contributed by atoms with Crippen molar-refractivity contribution < 1.29 is 4.74 Å². The molecule has 1 rings (SSSR count). The molecule has 0 bridgehead atoms. The second-order valence-electron chi connectivity index (χ2n) is 4.68. The third kappa shape index (κ3) is 3.48. The highest BCUT2D eigenvalue weighted by Crippen LogP contribution is 2.24. The summed E-state index contributed by atoms with van der Waals surface area (Å²) in [7, 11) is 0. The van der Waals surface area contributed by atoms with Crippen molar-refractivity contribution in [1.82, 2.24) is 9.97 Å². The average molecular weight is 237 g/mol. The molecule has 0 aliphatic rings. The maximum absolute atomic E-state index is 5.85. The molecule has 4 nitrogen and oxygen atoms in total. The van der Waals surface area contributed by atoms with Gasteiger partial charge in [-0.15, -0.1) is 0 Å². The molecule has 2 atom stereocenters. The molecule has 2 N–H and O–H groups in total.